The molecule has 5 nitrogen and oxygen atoms in total. The van der Waals surface area contributed by atoms with Gasteiger partial charge in [0.15, 0.2) is 0 Å². The highest BCUT2D eigenvalue weighted by Crippen LogP contribution is 2.27. The van der Waals surface area contributed by atoms with Gasteiger partial charge in [-0.05, 0) is 31.5 Å². The van der Waals surface area contributed by atoms with Crippen LogP contribution in [0.25, 0.3) is 0 Å². The third kappa shape index (κ3) is 2.58. The van der Waals surface area contributed by atoms with Crippen LogP contribution in [0.2, 0.25) is 0 Å². The van der Waals surface area contributed by atoms with Gasteiger partial charge in [0.05, 0.1) is 6.04 Å². The van der Waals surface area contributed by atoms with Gasteiger partial charge >= 0.3 is 12.0 Å². The Labute approximate surface area is 119 Å². The topological polar surface area (TPSA) is 69.6 Å². The fourth-order valence-corrected chi connectivity index (χ4v) is 2.28. The Bertz CT molecular complexity index is 513. The van der Waals surface area contributed by atoms with Crippen LogP contribution in [0.5, 0.6) is 0 Å². The summed E-state index contributed by atoms with van der Waals surface area (Å²) in [6, 6.07) is 7.08. The summed E-state index contributed by atoms with van der Waals surface area (Å²) in [6.07, 6.45) is 0. The van der Waals surface area contributed by atoms with Crippen molar-refractivity contribution in [2.45, 2.75) is 25.4 Å². The van der Waals surface area contributed by atoms with Gasteiger partial charge in [0.2, 0.25) is 0 Å². The number of nitrogens with one attached hydrogen (secondary N) is 1. The predicted octanol–water partition coefficient (Wildman–Crippen LogP) is 2.38. The van der Waals surface area contributed by atoms with Gasteiger partial charge in [-0.3, -0.25) is 0 Å². The third-order valence-corrected chi connectivity index (χ3v) is 3.91. The normalized spacial score (nSPS) is 19.4. The van der Waals surface area contributed by atoms with E-state index in [2.05, 4.69) is 21.2 Å². The van der Waals surface area contributed by atoms with E-state index in [1.165, 1.54) is 18.7 Å². The van der Waals surface area contributed by atoms with Gasteiger partial charge in [-0.25, -0.2) is 9.59 Å². The molecule has 0 bridgehead atoms. The highest BCUT2D eigenvalue weighted by molar-refractivity contribution is 9.10. The van der Waals surface area contributed by atoms with Gasteiger partial charge in [-0.15, -0.1) is 0 Å². The smallest absolute Gasteiger partial charge is 0.329 e. The number of carbonyl (C=O) groups excluding carboxylic acids is 1. The molecule has 2 N–H and O–H groups in total. The first-order valence-electron chi connectivity index (χ1n) is 5.89. The van der Waals surface area contributed by atoms with Crippen LogP contribution in [-0.2, 0) is 4.79 Å². The second-order valence-electron chi connectivity index (χ2n) is 5.03. The van der Waals surface area contributed by atoms with Crippen LogP contribution < -0.4 is 5.32 Å². The van der Waals surface area contributed by atoms with E-state index in [-0.39, 0.29) is 12.1 Å². The van der Waals surface area contributed by atoms with Crippen molar-refractivity contribution in [1.29, 1.82) is 0 Å². The zero-order valence-electron chi connectivity index (χ0n) is 10.7. The molecule has 1 fully saturated rings. The quantitative estimate of drug-likeness (QED) is 0.895. The molecule has 1 unspecified atom stereocenters. The van der Waals surface area contributed by atoms with Gasteiger partial charge in [0.1, 0.15) is 5.54 Å². The van der Waals surface area contributed by atoms with Crippen LogP contribution in [0, 0.1) is 0 Å². The fraction of sp³-hybridized carbons (Fsp3) is 0.385. The lowest BCUT2D eigenvalue weighted by Crippen LogP contribution is -2.51. The molecular weight excluding hydrogens is 312 g/mol. The number of aliphatic carboxylic acids is 1. The molecule has 1 aliphatic rings. The van der Waals surface area contributed by atoms with E-state index in [4.69, 9.17) is 0 Å². The minimum Gasteiger partial charge on any atom is -0.480 e. The molecule has 1 aromatic carbocycles. The first-order chi connectivity index (χ1) is 8.82. The summed E-state index contributed by atoms with van der Waals surface area (Å²) in [4.78, 5) is 24.5. The summed E-state index contributed by atoms with van der Waals surface area (Å²) < 4.78 is 0.961. The summed E-state index contributed by atoms with van der Waals surface area (Å²) in [5, 5.41) is 12.0. The largest absolute Gasteiger partial charge is 0.480 e. The number of halogens is 1. The molecule has 1 saturated heterocycles. The first kappa shape index (κ1) is 13.9. The van der Waals surface area contributed by atoms with Crippen LogP contribution in [-0.4, -0.2) is 34.1 Å². The van der Waals surface area contributed by atoms with Crippen LogP contribution >= 0.6 is 15.9 Å². The van der Waals surface area contributed by atoms with Crippen molar-refractivity contribution < 1.29 is 14.7 Å². The highest BCUT2D eigenvalue weighted by atomic mass is 79.9. The van der Waals surface area contributed by atoms with Crippen molar-refractivity contribution in [3.8, 4) is 0 Å². The number of carbonyl (C=O) groups is 2. The maximum atomic E-state index is 11.9. The Morgan fingerprint density at radius 1 is 1.42 bits per heavy atom. The van der Waals surface area contributed by atoms with Gasteiger partial charge in [0, 0.05) is 11.0 Å². The van der Waals surface area contributed by atoms with E-state index in [1.54, 1.807) is 0 Å². The number of amides is 2. The zero-order chi connectivity index (χ0) is 14.2. The fourth-order valence-electron chi connectivity index (χ4n) is 2.02. The maximum Gasteiger partial charge on any atom is 0.329 e. The van der Waals surface area contributed by atoms with Crippen LogP contribution in [0.1, 0.15) is 25.5 Å². The molecule has 102 valence electrons. The standard InChI is InChI=1S/C13H15BrN2O3/c1-13(2,11(17)18)16-7-10(15-12(16)19)8-3-5-9(14)6-4-8/h3-6,10H,7H2,1-2H3,(H,15,19)(H,17,18). The van der Waals surface area contributed by atoms with E-state index >= 15 is 0 Å². The number of hydrogen-bond acceptors (Lipinski definition) is 2. The van der Waals surface area contributed by atoms with Crippen molar-refractivity contribution in [2.75, 3.05) is 6.54 Å². The molecule has 1 heterocycles. The molecular formula is C13H15BrN2O3. The minimum atomic E-state index is -1.21. The van der Waals surface area contributed by atoms with Crippen LogP contribution in [0.4, 0.5) is 4.79 Å². The summed E-state index contributed by atoms with van der Waals surface area (Å²) in [6.45, 7) is 3.40. The second-order valence-corrected chi connectivity index (χ2v) is 5.94. The van der Waals surface area contributed by atoms with Gasteiger partial charge in [0.25, 0.3) is 0 Å². The van der Waals surface area contributed by atoms with E-state index in [1.807, 2.05) is 24.3 Å². The Kier molecular flexibility index (Phi) is 3.54. The molecule has 0 saturated carbocycles. The summed E-state index contributed by atoms with van der Waals surface area (Å²) >= 11 is 3.35. The van der Waals surface area contributed by atoms with E-state index in [0.29, 0.717) is 6.54 Å². The highest BCUT2D eigenvalue weighted by Gasteiger charge is 2.43. The average molecular weight is 327 g/mol. The Morgan fingerprint density at radius 3 is 2.53 bits per heavy atom. The Balaban J connectivity index is 2.20. The van der Waals surface area contributed by atoms with Crippen molar-refractivity contribution in [1.82, 2.24) is 10.2 Å². The summed E-state index contributed by atoms with van der Waals surface area (Å²) in [5.41, 5.74) is -0.256. The molecule has 2 rings (SSSR count). The Morgan fingerprint density at radius 2 is 2.00 bits per heavy atom. The van der Waals surface area contributed by atoms with Crippen LogP contribution in [0.15, 0.2) is 28.7 Å². The van der Waals surface area contributed by atoms with Gasteiger partial charge in [-0.2, -0.15) is 0 Å². The van der Waals surface area contributed by atoms with Crippen molar-refractivity contribution >= 4 is 27.9 Å². The summed E-state index contributed by atoms with van der Waals surface area (Å²) in [7, 11) is 0. The van der Waals surface area contributed by atoms with Crippen molar-refractivity contribution in [3.05, 3.63) is 34.3 Å². The first-order valence-corrected chi connectivity index (χ1v) is 6.68. The molecule has 0 spiro atoms. The maximum absolute atomic E-state index is 11.9. The minimum absolute atomic E-state index is 0.181. The number of nitrogens with zero attached hydrogens (tertiary/aromatic N) is 1. The number of benzene rings is 1. The molecule has 0 aromatic heterocycles. The molecule has 1 atom stereocenters. The number of rotatable bonds is 3. The molecule has 1 aromatic rings. The number of hydrogen-bond donors (Lipinski definition) is 2. The molecule has 19 heavy (non-hydrogen) atoms. The second kappa shape index (κ2) is 4.85. The zero-order valence-corrected chi connectivity index (χ0v) is 12.3. The average Bonchev–Trinajstić information content (AvgIpc) is 2.72. The lowest BCUT2D eigenvalue weighted by Gasteiger charge is -2.30. The molecule has 0 aliphatic carbocycles. The third-order valence-electron chi connectivity index (χ3n) is 3.38. The Hall–Kier alpha value is -1.56. The molecule has 2 amide bonds. The number of carboxylic acids is 1. The summed E-state index contributed by atoms with van der Waals surface area (Å²) in [5.74, 6) is -1.01. The molecule has 1 aliphatic heterocycles. The molecule has 6 heteroatoms. The van der Waals surface area contributed by atoms with Crippen LogP contribution in [0.3, 0.4) is 0 Å². The predicted molar refractivity (Wildman–Crippen MR) is 73.8 cm³/mol. The van der Waals surface area contributed by atoms with Crippen molar-refractivity contribution in [3.63, 3.8) is 0 Å². The SMILES string of the molecule is CC(C)(C(=O)O)N1CC(c2ccc(Br)cc2)NC1=O. The van der Waals surface area contributed by atoms with E-state index < -0.39 is 11.5 Å². The lowest BCUT2D eigenvalue weighted by molar-refractivity contribution is -0.147. The number of urea groups is 1. The van der Waals surface area contributed by atoms with Crippen molar-refractivity contribution in [2.24, 2.45) is 0 Å². The monoisotopic (exact) mass is 326 g/mol. The van der Waals surface area contributed by atoms with Gasteiger partial charge in [-0.1, -0.05) is 28.1 Å². The van der Waals surface area contributed by atoms with Gasteiger partial charge < -0.3 is 15.3 Å². The number of carboxylic acid groups (broad SMARTS) is 1. The lowest BCUT2D eigenvalue weighted by atomic mass is 10.0. The molecule has 0 radical (unpaired) electrons. The van der Waals surface area contributed by atoms with E-state index in [9.17, 15) is 14.7 Å². The van der Waals surface area contributed by atoms with E-state index in [0.717, 1.165) is 10.0 Å².